The first-order chi connectivity index (χ1) is 16.1. The number of amides is 1. The molecule has 1 fully saturated rings. The molecule has 5 rings (SSSR count). The summed E-state index contributed by atoms with van der Waals surface area (Å²) in [5.41, 5.74) is 2.11. The second-order valence-corrected chi connectivity index (χ2v) is 9.10. The monoisotopic (exact) mass is 463 g/mol. The number of benzene rings is 1. The van der Waals surface area contributed by atoms with Crippen LogP contribution in [0.5, 0.6) is 5.88 Å². The number of aromatic nitrogens is 4. The zero-order valence-electron chi connectivity index (χ0n) is 18.3. The number of hydrogen-bond donors (Lipinski definition) is 1. The highest BCUT2D eigenvalue weighted by Crippen LogP contribution is 2.37. The third kappa shape index (κ3) is 4.64. The minimum absolute atomic E-state index is 0.103. The number of nitrogens with zero attached hydrogens (tertiary/aromatic N) is 4. The number of carbonyl (C=O) groups is 1. The summed E-state index contributed by atoms with van der Waals surface area (Å²) in [6, 6.07) is 11.5. The maximum Gasteiger partial charge on any atom is 0.243 e. The van der Waals surface area contributed by atoms with Gasteiger partial charge in [0.05, 0.1) is 5.69 Å². The van der Waals surface area contributed by atoms with Crippen LogP contribution in [0.25, 0.3) is 5.69 Å². The van der Waals surface area contributed by atoms with Crippen LogP contribution in [0.15, 0.2) is 55.3 Å². The van der Waals surface area contributed by atoms with E-state index >= 15 is 0 Å². The van der Waals surface area contributed by atoms with Crippen LogP contribution in [-0.2, 0) is 17.6 Å². The zero-order chi connectivity index (χ0) is 22.8. The summed E-state index contributed by atoms with van der Waals surface area (Å²) in [5.74, 6) is 2.60. The van der Waals surface area contributed by atoms with E-state index in [4.69, 9.17) is 16.3 Å². The number of ether oxygens (including phenoxy) is 1. The lowest BCUT2D eigenvalue weighted by molar-refractivity contribution is -0.117. The van der Waals surface area contributed by atoms with Crippen LogP contribution < -0.4 is 10.1 Å². The summed E-state index contributed by atoms with van der Waals surface area (Å²) >= 11 is 6.32. The summed E-state index contributed by atoms with van der Waals surface area (Å²) in [7, 11) is 0. The third-order valence-corrected chi connectivity index (χ3v) is 6.66. The molecule has 3 heterocycles. The molecule has 0 spiro atoms. The summed E-state index contributed by atoms with van der Waals surface area (Å²) in [4.78, 5) is 16.3. The molecule has 1 aromatic carbocycles. The Morgan fingerprint density at radius 3 is 2.76 bits per heavy atom. The van der Waals surface area contributed by atoms with Gasteiger partial charge in [-0.25, -0.2) is 4.98 Å². The maximum atomic E-state index is 12.0. The zero-order valence-corrected chi connectivity index (χ0v) is 19.0. The van der Waals surface area contributed by atoms with E-state index in [1.165, 1.54) is 6.08 Å². The number of nitrogens with one attached hydrogen (secondary N) is 1. The highest BCUT2D eigenvalue weighted by molar-refractivity contribution is 6.30. The highest BCUT2D eigenvalue weighted by atomic mass is 35.5. The Bertz CT molecular complexity index is 1150. The van der Waals surface area contributed by atoms with Crippen molar-refractivity contribution in [1.29, 1.82) is 0 Å². The average Bonchev–Trinajstić information content (AvgIpc) is 3.17. The van der Waals surface area contributed by atoms with Crippen molar-refractivity contribution in [3.63, 3.8) is 0 Å². The fourth-order valence-electron chi connectivity index (χ4n) is 4.87. The van der Waals surface area contributed by atoms with Crippen molar-refractivity contribution in [2.45, 2.75) is 56.6 Å². The van der Waals surface area contributed by atoms with Gasteiger partial charge in [-0.05, 0) is 68.0 Å². The summed E-state index contributed by atoms with van der Waals surface area (Å²) in [5, 5.41) is 12.9. The predicted octanol–water partition coefficient (Wildman–Crippen LogP) is 4.19. The first-order valence-corrected chi connectivity index (χ1v) is 11.7. The van der Waals surface area contributed by atoms with E-state index in [-0.39, 0.29) is 24.0 Å². The molecule has 0 bridgehead atoms. The first kappa shape index (κ1) is 21.6. The molecule has 3 aromatic rings. The van der Waals surface area contributed by atoms with Gasteiger partial charge >= 0.3 is 0 Å². The molecule has 8 heteroatoms. The van der Waals surface area contributed by atoms with Crippen molar-refractivity contribution >= 4 is 17.5 Å². The molecule has 2 aliphatic rings. The Hall–Kier alpha value is -3.19. The Morgan fingerprint density at radius 1 is 1.15 bits per heavy atom. The van der Waals surface area contributed by atoms with Crippen LogP contribution in [0, 0.1) is 0 Å². The maximum absolute atomic E-state index is 12.0. The average molecular weight is 464 g/mol. The topological polar surface area (TPSA) is 81.9 Å². The van der Waals surface area contributed by atoms with Gasteiger partial charge in [-0.1, -0.05) is 24.2 Å². The smallest absolute Gasteiger partial charge is 0.243 e. The number of pyridine rings is 1. The number of carbonyl (C=O) groups excluding carboxylic acids is 1. The molecule has 170 valence electrons. The number of fused-ring (bicyclic) bond motifs is 3. The summed E-state index contributed by atoms with van der Waals surface area (Å²) in [6.45, 7) is 3.57. The lowest BCUT2D eigenvalue weighted by atomic mass is 9.86. The van der Waals surface area contributed by atoms with Crippen molar-refractivity contribution in [1.82, 2.24) is 25.1 Å². The fraction of sp³-hybridized carbons (Fsp3) is 0.360. The van der Waals surface area contributed by atoms with E-state index in [0.29, 0.717) is 23.7 Å². The molecule has 1 N–H and O–H groups in total. The Labute approximate surface area is 197 Å². The molecule has 1 saturated carbocycles. The highest BCUT2D eigenvalue weighted by Gasteiger charge is 2.32. The summed E-state index contributed by atoms with van der Waals surface area (Å²) in [6.07, 6.45) is 8.28. The van der Waals surface area contributed by atoms with Gasteiger partial charge in [0.15, 0.2) is 0 Å². The molecule has 0 unspecified atom stereocenters. The van der Waals surface area contributed by atoms with Gasteiger partial charge in [-0.2, -0.15) is 0 Å². The van der Waals surface area contributed by atoms with Crippen LogP contribution in [-0.4, -0.2) is 37.8 Å². The summed E-state index contributed by atoms with van der Waals surface area (Å²) < 4.78 is 8.24. The third-order valence-electron chi connectivity index (χ3n) is 6.43. The quantitative estimate of drug-likeness (QED) is 0.574. The van der Waals surface area contributed by atoms with Crippen LogP contribution in [0.3, 0.4) is 0 Å². The largest absolute Gasteiger partial charge is 0.474 e. The van der Waals surface area contributed by atoms with Gasteiger partial charge in [0.2, 0.25) is 11.8 Å². The van der Waals surface area contributed by atoms with Crippen LogP contribution >= 0.6 is 11.6 Å². The van der Waals surface area contributed by atoms with Gasteiger partial charge in [-0.3, -0.25) is 9.36 Å². The molecule has 1 atom stereocenters. The predicted molar refractivity (Wildman–Crippen MR) is 126 cm³/mol. The first-order valence-electron chi connectivity index (χ1n) is 11.3. The molecular formula is C25H26ClN5O2. The van der Waals surface area contributed by atoms with E-state index in [1.54, 1.807) is 6.20 Å². The van der Waals surface area contributed by atoms with E-state index in [0.717, 1.165) is 48.6 Å². The van der Waals surface area contributed by atoms with E-state index in [9.17, 15) is 4.79 Å². The molecule has 0 saturated heterocycles. The lowest BCUT2D eigenvalue weighted by Crippen LogP contribution is -2.36. The van der Waals surface area contributed by atoms with E-state index < -0.39 is 0 Å². The number of hydrogen-bond acceptors (Lipinski definition) is 5. The van der Waals surface area contributed by atoms with Gasteiger partial charge < -0.3 is 10.1 Å². The second kappa shape index (κ2) is 9.35. The molecule has 1 aliphatic carbocycles. The van der Waals surface area contributed by atoms with Gasteiger partial charge in [0, 0.05) is 35.7 Å². The van der Waals surface area contributed by atoms with Crippen LogP contribution in [0.4, 0.5) is 0 Å². The Morgan fingerprint density at radius 2 is 2.00 bits per heavy atom. The minimum Gasteiger partial charge on any atom is -0.474 e. The fourth-order valence-corrected chi connectivity index (χ4v) is 5.07. The molecule has 2 aromatic heterocycles. The van der Waals surface area contributed by atoms with Crippen LogP contribution in [0.2, 0.25) is 5.02 Å². The molecule has 7 nitrogen and oxygen atoms in total. The number of halogens is 1. The SMILES string of the molecule is C=CC(=O)N[C@H]1Cc2cc(Cl)ccc2-n2c(nnc2C2CCC(Oc3ccccn3)CC2)C1. The molecule has 0 radical (unpaired) electrons. The van der Waals surface area contributed by atoms with Gasteiger partial charge in [0.25, 0.3) is 0 Å². The van der Waals surface area contributed by atoms with Crippen molar-refractivity contribution < 1.29 is 9.53 Å². The van der Waals surface area contributed by atoms with Gasteiger partial charge in [0.1, 0.15) is 17.8 Å². The minimum atomic E-state index is -0.192. The standard InChI is InChI=1S/C25H26ClN5O2/c1-2-23(32)28-19-14-17-13-18(26)8-11-21(17)31-22(15-19)29-30-25(31)16-6-9-20(10-7-16)33-24-5-3-4-12-27-24/h2-5,8,11-13,16,19-20H,1,6-7,9-10,14-15H2,(H,28,32)/t16?,19-,20?/m0/s1. The van der Waals surface area contributed by atoms with Crippen molar-refractivity contribution in [3.8, 4) is 11.6 Å². The van der Waals surface area contributed by atoms with Crippen molar-refractivity contribution in [2.24, 2.45) is 0 Å². The molecule has 1 aliphatic heterocycles. The van der Waals surface area contributed by atoms with Crippen molar-refractivity contribution in [2.75, 3.05) is 0 Å². The molecular weight excluding hydrogens is 438 g/mol. The van der Waals surface area contributed by atoms with Gasteiger partial charge in [-0.15, -0.1) is 10.2 Å². The Kier molecular flexibility index (Phi) is 6.13. The van der Waals surface area contributed by atoms with Crippen LogP contribution in [0.1, 0.15) is 48.8 Å². The van der Waals surface area contributed by atoms with Crippen molar-refractivity contribution in [3.05, 3.63) is 77.5 Å². The van der Waals surface area contributed by atoms with E-state index in [1.807, 2.05) is 36.4 Å². The number of rotatable bonds is 5. The molecule has 33 heavy (non-hydrogen) atoms. The molecule has 1 amide bonds. The van der Waals surface area contributed by atoms with E-state index in [2.05, 4.69) is 31.6 Å². The Balaban J connectivity index is 1.39. The second-order valence-electron chi connectivity index (χ2n) is 8.66. The lowest BCUT2D eigenvalue weighted by Gasteiger charge is -2.28. The normalized spacial score (nSPS) is 21.9.